The van der Waals surface area contributed by atoms with Gasteiger partial charge in [0.1, 0.15) is 12.7 Å². The summed E-state index contributed by atoms with van der Waals surface area (Å²) < 4.78 is 26.7. The maximum absolute atomic E-state index is 12.2. The van der Waals surface area contributed by atoms with Crippen LogP contribution in [0.15, 0.2) is 12.2 Å². The topological polar surface area (TPSA) is 169 Å². The number of ether oxygens (including phenoxy) is 1. The number of aliphatic carboxylic acids is 1. The summed E-state index contributed by atoms with van der Waals surface area (Å²) in [6.07, 6.45) is 29.6. The zero-order valence-corrected chi connectivity index (χ0v) is 31.6. The number of unbranched alkanes of at least 4 members (excludes halogenated alkanes) is 20. The predicted octanol–water partition coefficient (Wildman–Crippen LogP) is 8.94. The Bertz CT molecular complexity index is 900. The second-order valence-corrected chi connectivity index (χ2v) is 14.6. The van der Waals surface area contributed by atoms with Crippen molar-refractivity contribution in [3.63, 3.8) is 0 Å². The van der Waals surface area contributed by atoms with E-state index in [1.165, 1.54) is 77.0 Å². The van der Waals surface area contributed by atoms with Crippen LogP contribution < -0.4 is 5.32 Å². The number of esters is 1. The normalized spacial score (nSPS) is 14.0. The first kappa shape index (κ1) is 47.2. The SMILES string of the molecule is CCCCC/C=C\CCCCCCCC(=O)NC(COP(=O)(O)OCC(O)COC(=O)CCCCCCCCCCCCCCC)C(=O)O. The van der Waals surface area contributed by atoms with E-state index in [0.717, 1.165) is 57.8 Å². The van der Waals surface area contributed by atoms with Crippen LogP contribution in [0.3, 0.4) is 0 Å². The Labute approximate surface area is 296 Å². The summed E-state index contributed by atoms with van der Waals surface area (Å²) in [6, 6.07) is -1.54. The second kappa shape index (κ2) is 33.4. The van der Waals surface area contributed by atoms with Crippen molar-refractivity contribution >= 4 is 25.7 Å². The molecule has 0 aromatic rings. The number of carbonyl (C=O) groups excluding carboxylic acids is 2. The van der Waals surface area contributed by atoms with Crippen LogP contribution in [0.1, 0.15) is 174 Å². The van der Waals surface area contributed by atoms with Crippen molar-refractivity contribution in [2.24, 2.45) is 0 Å². The monoisotopic (exact) mass is 719 g/mol. The molecule has 0 aromatic heterocycles. The largest absolute Gasteiger partial charge is 0.480 e. The zero-order valence-electron chi connectivity index (χ0n) is 30.8. The molecule has 0 saturated heterocycles. The lowest BCUT2D eigenvalue weighted by Gasteiger charge is -2.18. The number of phosphoric acid groups is 1. The summed E-state index contributed by atoms with van der Waals surface area (Å²) in [5.74, 6) is -2.38. The van der Waals surface area contributed by atoms with Crippen molar-refractivity contribution in [1.82, 2.24) is 5.32 Å². The molecule has 0 spiro atoms. The van der Waals surface area contributed by atoms with E-state index in [1.807, 2.05) is 0 Å². The number of aliphatic hydroxyl groups excluding tert-OH is 1. The van der Waals surface area contributed by atoms with Gasteiger partial charge in [-0.3, -0.25) is 18.6 Å². The minimum Gasteiger partial charge on any atom is -0.480 e. The molecule has 0 aliphatic carbocycles. The minimum atomic E-state index is -4.74. The van der Waals surface area contributed by atoms with Crippen molar-refractivity contribution in [2.45, 2.75) is 187 Å². The Hall–Kier alpha value is -1.78. The number of nitrogens with one attached hydrogen (secondary N) is 1. The summed E-state index contributed by atoms with van der Waals surface area (Å²) in [5, 5.41) is 21.7. The second-order valence-electron chi connectivity index (χ2n) is 13.1. The molecule has 0 radical (unpaired) electrons. The van der Waals surface area contributed by atoms with Crippen LogP contribution in [-0.4, -0.2) is 64.9 Å². The van der Waals surface area contributed by atoms with E-state index in [1.54, 1.807) is 0 Å². The highest BCUT2D eigenvalue weighted by atomic mass is 31.2. The van der Waals surface area contributed by atoms with E-state index in [0.29, 0.717) is 12.8 Å². The van der Waals surface area contributed by atoms with Gasteiger partial charge < -0.3 is 25.2 Å². The van der Waals surface area contributed by atoms with E-state index in [4.69, 9.17) is 13.8 Å². The molecule has 3 unspecified atom stereocenters. The third-order valence-electron chi connectivity index (χ3n) is 8.30. The van der Waals surface area contributed by atoms with E-state index < -0.39 is 57.6 Å². The number of carbonyl (C=O) groups is 3. The number of phosphoric ester groups is 1. The van der Waals surface area contributed by atoms with Gasteiger partial charge in [-0.15, -0.1) is 0 Å². The van der Waals surface area contributed by atoms with Crippen molar-refractivity contribution in [3.05, 3.63) is 12.2 Å². The fraction of sp³-hybridized carbons (Fsp3) is 0.865. The lowest BCUT2D eigenvalue weighted by molar-refractivity contribution is -0.147. The summed E-state index contributed by atoms with van der Waals surface area (Å²) in [6.45, 7) is 2.54. The number of carboxylic acids is 1. The van der Waals surface area contributed by atoms with Gasteiger partial charge in [0, 0.05) is 12.8 Å². The molecule has 0 aromatic carbocycles. The molecule has 49 heavy (non-hydrogen) atoms. The van der Waals surface area contributed by atoms with Crippen molar-refractivity contribution in [3.8, 4) is 0 Å². The first-order valence-electron chi connectivity index (χ1n) is 19.2. The van der Waals surface area contributed by atoms with Crippen molar-refractivity contribution in [1.29, 1.82) is 0 Å². The Morgan fingerprint density at radius 1 is 0.633 bits per heavy atom. The standard InChI is InChI=1S/C37H70NO10P/c1-3-5-7-9-11-13-15-17-19-21-23-25-27-29-36(41)46-30-33(39)31-47-49(44,45)48-32-34(37(42)43)38-35(40)28-26-24-22-20-18-16-14-12-10-8-6-4-2/h12,14,33-34,39H,3-11,13,15-32H2,1-2H3,(H,38,40)(H,42,43)(H,44,45)/b14-12-. The third-order valence-corrected chi connectivity index (χ3v) is 9.26. The number of rotatable bonds is 36. The van der Waals surface area contributed by atoms with Gasteiger partial charge >= 0.3 is 19.8 Å². The molecule has 0 fully saturated rings. The molecule has 3 atom stereocenters. The Morgan fingerprint density at radius 3 is 1.59 bits per heavy atom. The van der Waals surface area contributed by atoms with Crippen molar-refractivity contribution < 1.29 is 47.8 Å². The average Bonchev–Trinajstić information content (AvgIpc) is 3.07. The smallest absolute Gasteiger partial charge is 0.472 e. The molecular formula is C37H70NO10P. The third kappa shape index (κ3) is 33.1. The maximum atomic E-state index is 12.2. The Kier molecular flexibility index (Phi) is 32.2. The highest BCUT2D eigenvalue weighted by Crippen LogP contribution is 2.43. The summed E-state index contributed by atoms with van der Waals surface area (Å²) in [5.41, 5.74) is 0. The maximum Gasteiger partial charge on any atom is 0.472 e. The fourth-order valence-electron chi connectivity index (χ4n) is 5.25. The highest BCUT2D eigenvalue weighted by Gasteiger charge is 2.28. The molecule has 0 aliphatic rings. The molecule has 4 N–H and O–H groups in total. The molecular weight excluding hydrogens is 649 g/mol. The number of aliphatic hydroxyl groups is 1. The summed E-state index contributed by atoms with van der Waals surface area (Å²) in [7, 11) is -4.74. The molecule has 12 heteroatoms. The molecule has 0 heterocycles. The number of amides is 1. The lowest BCUT2D eigenvalue weighted by atomic mass is 10.0. The van der Waals surface area contributed by atoms with Gasteiger partial charge in [-0.1, -0.05) is 135 Å². The first-order chi connectivity index (χ1) is 23.6. The van der Waals surface area contributed by atoms with Gasteiger partial charge in [0.15, 0.2) is 6.04 Å². The van der Waals surface area contributed by atoms with Gasteiger partial charge in [0.2, 0.25) is 5.91 Å². The van der Waals surface area contributed by atoms with Crippen LogP contribution in [0.5, 0.6) is 0 Å². The van der Waals surface area contributed by atoms with Crippen LogP contribution in [0.2, 0.25) is 0 Å². The molecule has 1 amide bonds. The van der Waals surface area contributed by atoms with Gasteiger partial charge in [-0.25, -0.2) is 9.36 Å². The van der Waals surface area contributed by atoms with Crippen LogP contribution in [0.4, 0.5) is 0 Å². The molecule has 0 saturated carbocycles. The predicted molar refractivity (Wildman–Crippen MR) is 194 cm³/mol. The van der Waals surface area contributed by atoms with Crippen LogP contribution in [-0.2, 0) is 32.7 Å². The van der Waals surface area contributed by atoms with Crippen molar-refractivity contribution in [2.75, 3.05) is 19.8 Å². The van der Waals surface area contributed by atoms with E-state index >= 15 is 0 Å². The molecule has 0 rings (SSSR count). The molecule has 0 bridgehead atoms. The Balaban J connectivity index is 3.96. The molecule has 0 aliphatic heterocycles. The van der Waals surface area contributed by atoms with Crippen LogP contribution in [0, 0.1) is 0 Å². The first-order valence-corrected chi connectivity index (χ1v) is 20.7. The quantitative estimate of drug-likeness (QED) is 0.0212. The van der Waals surface area contributed by atoms with Gasteiger partial charge in [0.25, 0.3) is 0 Å². The summed E-state index contributed by atoms with van der Waals surface area (Å²) >= 11 is 0. The fourth-order valence-corrected chi connectivity index (χ4v) is 6.02. The average molecular weight is 720 g/mol. The zero-order chi connectivity index (χ0) is 36.4. The number of hydrogen-bond acceptors (Lipinski definition) is 8. The number of allylic oxidation sites excluding steroid dienone is 2. The molecule has 11 nitrogen and oxygen atoms in total. The number of hydrogen-bond donors (Lipinski definition) is 4. The van der Waals surface area contributed by atoms with Gasteiger partial charge in [-0.05, 0) is 38.5 Å². The molecule has 288 valence electrons. The van der Waals surface area contributed by atoms with E-state index in [-0.39, 0.29) is 12.8 Å². The van der Waals surface area contributed by atoms with Crippen LogP contribution >= 0.6 is 7.82 Å². The van der Waals surface area contributed by atoms with Crippen LogP contribution in [0.25, 0.3) is 0 Å². The minimum absolute atomic E-state index is 0.138. The Morgan fingerprint density at radius 2 is 1.06 bits per heavy atom. The van der Waals surface area contributed by atoms with E-state index in [9.17, 15) is 34.1 Å². The summed E-state index contributed by atoms with van der Waals surface area (Å²) in [4.78, 5) is 45.6. The lowest BCUT2D eigenvalue weighted by Crippen LogP contribution is -2.43. The number of carboxylic acid groups (broad SMARTS) is 1. The highest BCUT2D eigenvalue weighted by molar-refractivity contribution is 7.47. The van der Waals surface area contributed by atoms with Gasteiger partial charge in [0.05, 0.1) is 13.2 Å². The van der Waals surface area contributed by atoms with Gasteiger partial charge in [-0.2, -0.15) is 0 Å². The van der Waals surface area contributed by atoms with E-state index in [2.05, 4.69) is 31.3 Å².